The predicted molar refractivity (Wildman–Crippen MR) is 80.8 cm³/mol. The van der Waals surface area contributed by atoms with Crippen molar-refractivity contribution in [3.63, 3.8) is 0 Å². The summed E-state index contributed by atoms with van der Waals surface area (Å²) < 4.78 is 13.1. The number of piperidine rings is 1. The lowest BCUT2D eigenvalue weighted by Crippen LogP contribution is -2.44. The van der Waals surface area contributed by atoms with Gasteiger partial charge in [-0.3, -0.25) is 9.59 Å². The Hall–Kier alpha value is -1.91. The van der Waals surface area contributed by atoms with Crippen LogP contribution in [0.15, 0.2) is 24.3 Å². The molecule has 1 aromatic rings. The fraction of sp³-hybridized carbons (Fsp3) is 0.529. The summed E-state index contributed by atoms with van der Waals surface area (Å²) in [6.45, 7) is 2.79. The van der Waals surface area contributed by atoms with Gasteiger partial charge in [0.1, 0.15) is 5.82 Å². The molecule has 1 saturated heterocycles. The number of halogens is 1. The molecule has 1 aliphatic heterocycles. The van der Waals surface area contributed by atoms with E-state index < -0.39 is 11.9 Å². The number of benzene rings is 1. The Morgan fingerprint density at radius 3 is 2.91 bits per heavy atom. The molecule has 1 amide bonds. The Kier molecular flexibility index (Phi) is 5.52. The van der Waals surface area contributed by atoms with Crippen LogP contribution in [-0.2, 0) is 16.0 Å². The van der Waals surface area contributed by atoms with Gasteiger partial charge in [0.2, 0.25) is 5.91 Å². The van der Waals surface area contributed by atoms with Gasteiger partial charge in [-0.25, -0.2) is 4.39 Å². The molecule has 2 unspecified atom stereocenters. The Balaban J connectivity index is 1.87. The molecule has 1 N–H and O–H groups in total. The highest BCUT2D eigenvalue weighted by atomic mass is 19.1. The van der Waals surface area contributed by atoms with Crippen LogP contribution in [0.1, 0.15) is 31.7 Å². The van der Waals surface area contributed by atoms with E-state index >= 15 is 0 Å². The molecule has 4 nitrogen and oxygen atoms in total. The zero-order chi connectivity index (χ0) is 16.1. The normalized spacial score (nSPS) is 19.7. The van der Waals surface area contributed by atoms with Gasteiger partial charge < -0.3 is 10.0 Å². The topological polar surface area (TPSA) is 57.6 Å². The fourth-order valence-corrected chi connectivity index (χ4v) is 2.89. The Bertz CT molecular complexity index is 546. The first-order valence-electron chi connectivity index (χ1n) is 7.73. The Morgan fingerprint density at radius 2 is 2.23 bits per heavy atom. The average molecular weight is 307 g/mol. The second-order valence-corrected chi connectivity index (χ2v) is 6.03. The molecule has 0 aliphatic carbocycles. The minimum absolute atomic E-state index is 0.00218. The monoisotopic (exact) mass is 307 g/mol. The summed E-state index contributed by atoms with van der Waals surface area (Å²) in [5.41, 5.74) is 0.877. The molecular weight excluding hydrogens is 285 g/mol. The lowest BCUT2D eigenvalue weighted by molar-refractivity contribution is -0.146. The maximum Gasteiger partial charge on any atom is 0.308 e. The van der Waals surface area contributed by atoms with Crippen molar-refractivity contribution in [3.8, 4) is 0 Å². The highest BCUT2D eigenvalue weighted by Gasteiger charge is 2.29. The molecule has 2 rings (SSSR count). The quantitative estimate of drug-likeness (QED) is 0.910. The zero-order valence-corrected chi connectivity index (χ0v) is 12.8. The minimum Gasteiger partial charge on any atom is -0.481 e. The van der Waals surface area contributed by atoms with Crippen LogP contribution in [0.2, 0.25) is 0 Å². The van der Waals surface area contributed by atoms with E-state index in [1.54, 1.807) is 11.0 Å². The molecule has 0 bridgehead atoms. The van der Waals surface area contributed by atoms with Crippen LogP contribution in [0.5, 0.6) is 0 Å². The predicted octanol–water partition coefficient (Wildman–Crippen LogP) is 2.72. The second-order valence-electron chi connectivity index (χ2n) is 6.03. The number of carbonyl (C=O) groups is 2. The molecule has 22 heavy (non-hydrogen) atoms. The number of hydrogen-bond donors (Lipinski definition) is 1. The van der Waals surface area contributed by atoms with Gasteiger partial charge >= 0.3 is 5.97 Å². The third-order valence-electron chi connectivity index (χ3n) is 4.26. The van der Waals surface area contributed by atoms with E-state index in [0.717, 1.165) is 12.0 Å². The molecule has 1 aromatic carbocycles. The van der Waals surface area contributed by atoms with Crippen molar-refractivity contribution in [1.82, 2.24) is 4.90 Å². The lowest BCUT2D eigenvalue weighted by atomic mass is 9.95. The van der Waals surface area contributed by atoms with E-state index in [2.05, 4.69) is 0 Å². The fourth-order valence-electron chi connectivity index (χ4n) is 2.89. The number of nitrogens with zero attached hydrogens (tertiary/aromatic N) is 1. The van der Waals surface area contributed by atoms with Crippen LogP contribution in [-0.4, -0.2) is 35.0 Å². The molecule has 0 aromatic heterocycles. The number of hydrogen-bond acceptors (Lipinski definition) is 2. The first-order chi connectivity index (χ1) is 10.5. The van der Waals surface area contributed by atoms with Crippen LogP contribution in [0.25, 0.3) is 0 Å². The summed E-state index contributed by atoms with van der Waals surface area (Å²) in [7, 11) is 0. The standard InChI is InChI=1S/C17H22FNO3/c1-12(7-8-13-4-2-6-15(18)10-13)16(20)19-9-3-5-14(11-19)17(21)22/h2,4,6,10,12,14H,3,5,7-9,11H2,1H3,(H,21,22). The molecule has 2 atom stereocenters. The molecule has 5 heteroatoms. The largest absolute Gasteiger partial charge is 0.481 e. The summed E-state index contributed by atoms with van der Waals surface area (Å²) in [5.74, 6) is -1.73. The molecule has 1 heterocycles. The van der Waals surface area contributed by atoms with E-state index in [1.165, 1.54) is 12.1 Å². The highest BCUT2D eigenvalue weighted by Crippen LogP contribution is 2.20. The van der Waals surface area contributed by atoms with Crippen molar-refractivity contribution in [2.24, 2.45) is 11.8 Å². The van der Waals surface area contributed by atoms with Gasteiger partial charge in [0.25, 0.3) is 0 Å². The van der Waals surface area contributed by atoms with Crippen molar-refractivity contribution in [3.05, 3.63) is 35.6 Å². The summed E-state index contributed by atoms with van der Waals surface area (Å²) in [6.07, 6.45) is 2.65. The van der Waals surface area contributed by atoms with Gasteiger partial charge in [-0.2, -0.15) is 0 Å². The Morgan fingerprint density at radius 1 is 1.45 bits per heavy atom. The zero-order valence-electron chi connectivity index (χ0n) is 12.8. The number of carboxylic acid groups (broad SMARTS) is 1. The van der Waals surface area contributed by atoms with Crippen LogP contribution < -0.4 is 0 Å². The first kappa shape index (κ1) is 16.5. The van der Waals surface area contributed by atoms with Crippen LogP contribution in [0.3, 0.4) is 0 Å². The van der Waals surface area contributed by atoms with Crippen molar-refractivity contribution < 1.29 is 19.1 Å². The summed E-state index contributed by atoms with van der Waals surface area (Å²) >= 11 is 0. The van der Waals surface area contributed by atoms with E-state index in [-0.39, 0.29) is 17.6 Å². The van der Waals surface area contributed by atoms with Crippen molar-refractivity contribution in [1.29, 1.82) is 0 Å². The lowest BCUT2D eigenvalue weighted by Gasteiger charge is -2.32. The molecule has 1 aliphatic rings. The minimum atomic E-state index is -0.829. The second kappa shape index (κ2) is 7.38. The van der Waals surface area contributed by atoms with Gasteiger partial charge in [-0.15, -0.1) is 0 Å². The Labute approximate surface area is 129 Å². The van der Waals surface area contributed by atoms with Crippen LogP contribution >= 0.6 is 0 Å². The number of amides is 1. The van der Waals surface area contributed by atoms with Crippen molar-refractivity contribution >= 4 is 11.9 Å². The van der Waals surface area contributed by atoms with Gasteiger partial charge in [0.15, 0.2) is 0 Å². The number of rotatable bonds is 5. The summed E-state index contributed by atoms with van der Waals surface area (Å²) in [6, 6.07) is 6.40. The average Bonchev–Trinajstić information content (AvgIpc) is 2.52. The number of aryl methyl sites for hydroxylation is 1. The molecular formula is C17H22FNO3. The van der Waals surface area contributed by atoms with E-state index in [9.17, 15) is 14.0 Å². The number of aliphatic carboxylic acids is 1. The van der Waals surface area contributed by atoms with Gasteiger partial charge in [-0.05, 0) is 43.4 Å². The SMILES string of the molecule is CC(CCc1cccc(F)c1)C(=O)N1CCCC(C(=O)O)C1. The van der Waals surface area contributed by atoms with E-state index in [0.29, 0.717) is 32.4 Å². The van der Waals surface area contributed by atoms with E-state index in [4.69, 9.17) is 5.11 Å². The number of likely N-dealkylation sites (tertiary alicyclic amines) is 1. The highest BCUT2D eigenvalue weighted by molar-refractivity contribution is 5.79. The summed E-state index contributed by atoms with van der Waals surface area (Å²) in [5, 5.41) is 9.08. The molecule has 120 valence electrons. The van der Waals surface area contributed by atoms with Crippen LogP contribution in [0.4, 0.5) is 4.39 Å². The van der Waals surface area contributed by atoms with Crippen molar-refractivity contribution in [2.45, 2.75) is 32.6 Å². The van der Waals surface area contributed by atoms with Gasteiger partial charge in [-0.1, -0.05) is 19.1 Å². The number of carbonyl (C=O) groups excluding carboxylic acids is 1. The smallest absolute Gasteiger partial charge is 0.308 e. The molecule has 1 fully saturated rings. The van der Waals surface area contributed by atoms with Gasteiger partial charge in [0, 0.05) is 19.0 Å². The molecule has 0 spiro atoms. The summed E-state index contributed by atoms with van der Waals surface area (Å²) in [4.78, 5) is 25.1. The maximum absolute atomic E-state index is 13.1. The van der Waals surface area contributed by atoms with Crippen molar-refractivity contribution in [2.75, 3.05) is 13.1 Å². The molecule has 0 saturated carbocycles. The first-order valence-corrected chi connectivity index (χ1v) is 7.73. The number of carboxylic acids is 1. The third kappa shape index (κ3) is 4.29. The molecule has 0 radical (unpaired) electrons. The maximum atomic E-state index is 13.1. The van der Waals surface area contributed by atoms with Gasteiger partial charge in [0.05, 0.1) is 5.92 Å². The third-order valence-corrected chi connectivity index (χ3v) is 4.26. The van der Waals surface area contributed by atoms with Crippen LogP contribution in [0, 0.1) is 17.7 Å². The van der Waals surface area contributed by atoms with E-state index in [1.807, 2.05) is 13.0 Å².